The van der Waals surface area contributed by atoms with Crippen LogP contribution in [0.15, 0.2) is 76.7 Å². The molecule has 4 rings (SSSR count). The molecular formula is C27H26ClN3O2S. The Bertz CT molecular complexity index is 1420. The van der Waals surface area contributed by atoms with Crippen LogP contribution in [0.4, 0.5) is 5.69 Å². The minimum absolute atomic E-state index is 0.0439. The first-order valence-corrected chi connectivity index (χ1v) is 12.3. The molecule has 0 saturated heterocycles. The number of nitrogens with one attached hydrogen (secondary N) is 1. The Hall–Kier alpha value is -3.09. The fourth-order valence-electron chi connectivity index (χ4n) is 3.64. The highest BCUT2D eigenvalue weighted by atomic mass is 35.5. The molecule has 0 spiro atoms. The summed E-state index contributed by atoms with van der Waals surface area (Å²) in [6.45, 7) is 8.31. The summed E-state index contributed by atoms with van der Waals surface area (Å²) in [7, 11) is 0. The molecule has 0 bridgehead atoms. The summed E-state index contributed by atoms with van der Waals surface area (Å²) in [5.41, 5.74) is 3.78. The summed E-state index contributed by atoms with van der Waals surface area (Å²) in [6, 6.07) is 20.5. The lowest BCUT2D eigenvalue weighted by Crippen LogP contribution is -2.23. The van der Waals surface area contributed by atoms with Crippen molar-refractivity contribution in [1.29, 1.82) is 0 Å². The van der Waals surface area contributed by atoms with Gasteiger partial charge in [0.2, 0.25) is 5.91 Å². The van der Waals surface area contributed by atoms with Gasteiger partial charge in [0.1, 0.15) is 0 Å². The molecule has 4 aromatic rings. The summed E-state index contributed by atoms with van der Waals surface area (Å²) in [5.74, 6) is -0.0731. The summed E-state index contributed by atoms with van der Waals surface area (Å²) in [5, 5.41) is 4.43. The highest BCUT2D eigenvalue weighted by Crippen LogP contribution is 2.27. The van der Waals surface area contributed by atoms with E-state index in [1.54, 1.807) is 28.8 Å². The molecule has 174 valence electrons. The summed E-state index contributed by atoms with van der Waals surface area (Å²) in [4.78, 5) is 30.8. The van der Waals surface area contributed by atoms with E-state index in [1.807, 2.05) is 49.4 Å². The van der Waals surface area contributed by atoms with Crippen molar-refractivity contribution in [2.45, 2.75) is 38.3 Å². The van der Waals surface area contributed by atoms with Crippen LogP contribution >= 0.6 is 23.4 Å². The van der Waals surface area contributed by atoms with Crippen LogP contribution in [-0.4, -0.2) is 21.2 Å². The van der Waals surface area contributed by atoms with Gasteiger partial charge >= 0.3 is 0 Å². The maximum atomic E-state index is 13.4. The number of hydrogen-bond acceptors (Lipinski definition) is 4. The van der Waals surface area contributed by atoms with Gasteiger partial charge in [-0.15, -0.1) is 0 Å². The number of fused-ring (bicyclic) bond motifs is 1. The van der Waals surface area contributed by atoms with Crippen LogP contribution in [0.25, 0.3) is 16.6 Å². The third-order valence-corrected chi connectivity index (χ3v) is 6.94. The Kier molecular flexibility index (Phi) is 6.82. The molecule has 0 saturated carbocycles. The van der Waals surface area contributed by atoms with E-state index in [4.69, 9.17) is 16.6 Å². The van der Waals surface area contributed by atoms with Crippen molar-refractivity contribution in [3.8, 4) is 5.69 Å². The molecule has 1 aromatic heterocycles. The van der Waals surface area contributed by atoms with Gasteiger partial charge in [-0.3, -0.25) is 14.2 Å². The molecule has 0 aliphatic carbocycles. The van der Waals surface area contributed by atoms with E-state index < -0.39 is 0 Å². The molecule has 0 radical (unpaired) electrons. The van der Waals surface area contributed by atoms with Crippen LogP contribution in [0.1, 0.15) is 31.9 Å². The van der Waals surface area contributed by atoms with E-state index in [0.717, 1.165) is 11.3 Å². The summed E-state index contributed by atoms with van der Waals surface area (Å²) in [6.07, 6.45) is 0. The lowest BCUT2D eigenvalue weighted by molar-refractivity contribution is -0.113. The Morgan fingerprint density at radius 3 is 2.44 bits per heavy atom. The number of thioether (sulfide) groups is 1. The van der Waals surface area contributed by atoms with Gasteiger partial charge < -0.3 is 5.32 Å². The zero-order valence-electron chi connectivity index (χ0n) is 19.6. The normalized spacial score (nSPS) is 11.6. The van der Waals surface area contributed by atoms with E-state index in [0.29, 0.717) is 26.8 Å². The van der Waals surface area contributed by atoms with E-state index in [1.165, 1.54) is 17.3 Å². The van der Waals surface area contributed by atoms with Crippen LogP contribution < -0.4 is 10.9 Å². The minimum Gasteiger partial charge on any atom is -0.325 e. The average Bonchev–Trinajstić information content (AvgIpc) is 2.80. The quantitative estimate of drug-likeness (QED) is 0.260. The molecule has 7 heteroatoms. The number of rotatable bonds is 5. The fraction of sp³-hybridized carbons (Fsp3) is 0.222. The fourth-order valence-corrected chi connectivity index (χ4v) is 4.62. The van der Waals surface area contributed by atoms with Crippen LogP contribution in [0.5, 0.6) is 0 Å². The second kappa shape index (κ2) is 9.65. The van der Waals surface area contributed by atoms with Gasteiger partial charge in [-0.1, -0.05) is 74.5 Å². The third kappa shape index (κ3) is 5.03. The molecular weight excluding hydrogens is 466 g/mol. The zero-order valence-corrected chi connectivity index (χ0v) is 21.1. The van der Waals surface area contributed by atoms with Crippen molar-refractivity contribution < 1.29 is 4.79 Å². The van der Waals surface area contributed by atoms with Gasteiger partial charge in [0, 0.05) is 10.7 Å². The predicted molar refractivity (Wildman–Crippen MR) is 142 cm³/mol. The van der Waals surface area contributed by atoms with Gasteiger partial charge in [0.05, 0.1) is 22.3 Å². The van der Waals surface area contributed by atoms with E-state index in [-0.39, 0.29) is 22.6 Å². The number of benzene rings is 3. The first-order valence-electron chi connectivity index (χ1n) is 11.0. The predicted octanol–water partition coefficient (Wildman–Crippen LogP) is 6.38. The minimum atomic E-state index is -0.198. The standard InChI is InChI=1S/C27H26ClN3O2S/c1-17-21(28)9-7-11-23(17)31-25(33)20-8-5-6-10-22(20)30-26(31)34-16-24(32)29-19-14-12-18(13-15-19)27(2,3)4/h5-15H,16H2,1-4H3,(H,29,32). The van der Waals surface area contributed by atoms with Crippen LogP contribution in [0, 0.1) is 6.92 Å². The molecule has 1 N–H and O–H groups in total. The van der Waals surface area contributed by atoms with Crippen LogP contribution in [0.2, 0.25) is 5.02 Å². The lowest BCUT2D eigenvalue weighted by atomic mass is 9.87. The van der Waals surface area contributed by atoms with Crippen molar-refractivity contribution in [1.82, 2.24) is 9.55 Å². The maximum absolute atomic E-state index is 13.4. The molecule has 34 heavy (non-hydrogen) atoms. The largest absolute Gasteiger partial charge is 0.325 e. The second-order valence-electron chi connectivity index (χ2n) is 9.10. The number of halogens is 1. The first kappa shape index (κ1) is 24.0. The number of aromatic nitrogens is 2. The van der Waals surface area contributed by atoms with Crippen molar-refractivity contribution >= 4 is 45.9 Å². The Morgan fingerprint density at radius 1 is 1.03 bits per heavy atom. The summed E-state index contributed by atoms with van der Waals surface area (Å²) >= 11 is 7.55. The molecule has 1 amide bonds. The maximum Gasteiger partial charge on any atom is 0.266 e. The molecule has 0 aliphatic rings. The molecule has 0 atom stereocenters. The lowest BCUT2D eigenvalue weighted by Gasteiger charge is -2.19. The van der Waals surface area contributed by atoms with Gasteiger partial charge in [-0.2, -0.15) is 0 Å². The van der Waals surface area contributed by atoms with Gasteiger partial charge in [0.15, 0.2) is 5.16 Å². The first-order chi connectivity index (χ1) is 16.1. The second-order valence-corrected chi connectivity index (χ2v) is 10.4. The third-order valence-electron chi connectivity index (χ3n) is 5.59. The van der Waals surface area contributed by atoms with Crippen molar-refractivity contribution in [3.63, 3.8) is 0 Å². The van der Waals surface area contributed by atoms with Crippen LogP contribution in [-0.2, 0) is 10.2 Å². The molecule has 3 aromatic carbocycles. The van der Waals surface area contributed by atoms with E-state index in [2.05, 4.69) is 26.1 Å². The molecule has 0 aliphatic heterocycles. The zero-order chi connectivity index (χ0) is 24.5. The van der Waals surface area contributed by atoms with Crippen molar-refractivity contribution in [2.75, 3.05) is 11.1 Å². The van der Waals surface area contributed by atoms with Crippen LogP contribution in [0.3, 0.4) is 0 Å². The number of anilines is 1. The topological polar surface area (TPSA) is 64.0 Å². The van der Waals surface area contributed by atoms with Crippen molar-refractivity contribution in [2.24, 2.45) is 0 Å². The Balaban J connectivity index is 1.63. The monoisotopic (exact) mass is 491 g/mol. The van der Waals surface area contributed by atoms with Crippen molar-refractivity contribution in [3.05, 3.63) is 93.2 Å². The Morgan fingerprint density at radius 2 is 1.74 bits per heavy atom. The van der Waals surface area contributed by atoms with Gasteiger partial charge in [-0.25, -0.2) is 4.98 Å². The number of hydrogen-bond donors (Lipinski definition) is 1. The molecule has 0 unspecified atom stereocenters. The SMILES string of the molecule is Cc1c(Cl)cccc1-n1c(SCC(=O)Nc2ccc(C(C)(C)C)cc2)nc2ccccc2c1=O. The smallest absolute Gasteiger partial charge is 0.266 e. The number of nitrogens with zero attached hydrogens (tertiary/aromatic N) is 2. The number of para-hydroxylation sites is 1. The molecule has 5 nitrogen and oxygen atoms in total. The van der Waals surface area contributed by atoms with E-state index in [9.17, 15) is 9.59 Å². The molecule has 1 heterocycles. The molecule has 0 fully saturated rings. The Labute approximate surface area is 208 Å². The number of carbonyl (C=O) groups excluding carboxylic acids is 1. The van der Waals surface area contributed by atoms with E-state index >= 15 is 0 Å². The number of carbonyl (C=O) groups is 1. The highest BCUT2D eigenvalue weighted by molar-refractivity contribution is 7.99. The summed E-state index contributed by atoms with van der Waals surface area (Å²) < 4.78 is 1.54. The number of amides is 1. The van der Waals surface area contributed by atoms with Gasteiger partial charge in [-0.05, 0) is 59.9 Å². The van der Waals surface area contributed by atoms with Gasteiger partial charge in [0.25, 0.3) is 5.56 Å². The highest BCUT2D eigenvalue weighted by Gasteiger charge is 2.17. The average molecular weight is 492 g/mol.